The average molecular weight is 389 g/mol. The van der Waals surface area contributed by atoms with Crippen molar-refractivity contribution in [3.8, 4) is 0 Å². The monoisotopic (exact) mass is 388 g/mol. The van der Waals surface area contributed by atoms with Crippen molar-refractivity contribution in [3.63, 3.8) is 0 Å². The van der Waals surface area contributed by atoms with Crippen LogP contribution in [0.25, 0.3) is 0 Å². The highest BCUT2D eigenvalue weighted by Gasteiger charge is 2.61. The van der Waals surface area contributed by atoms with E-state index in [4.69, 9.17) is 9.47 Å². The average Bonchev–Trinajstić information content (AvgIpc) is 2.96. The number of rotatable bonds is 3. The Labute approximate surface area is 167 Å². The van der Waals surface area contributed by atoms with Crippen LogP contribution in [0.2, 0.25) is 0 Å². The molecule has 0 bridgehead atoms. The van der Waals surface area contributed by atoms with Crippen molar-refractivity contribution >= 4 is 17.7 Å². The molecular formula is C23H32O5. The first kappa shape index (κ1) is 19.7. The van der Waals surface area contributed by atoms with Crippen molar-refractivity contribution in [2.24, 2.45) is 28.6 Å². The Kier molecular flexibility index (Phi) is 4.91. The summed E-state index contributed by atoms with van der Waals surface area (Å²) in [5.41, 5.74) is 1.08. The lowest BCUT2D eigenvalue weighted by molar-refractivity contribution is -0.159. The molecule has 4 aliphatic carbocycles. The summed E-state index contributed by atoms with van der Waals surface area (Å²) in [6.45, 7) is 5.68. The molecule has 4 aliphatic rings. The molecule has 0 saturated heterocycles. The number of fused-ring (bicyclic) bond motifs is 5. The second-order valence-electron chi connectivity index (χ2n) is 9.71. The molecule has 0 heterocycles. The van der Waals surface area contributed by atoms with Crippen LogP contribution in [0.1, 0.15) is 72.1 Å². The van der Waals surface area contributed by atoms with Gasteiger partial charge in [0.05, 0.1) is 0 Å². The Morgan fingerprint density at radius 1 is 1.04 bits per heavy atom. The van der Waals surface area contributed by atoms with Crippen molar-refractivity contribution in [1.29, 1.82) is 0 Å². The van der Waals surface area contributed by atoms with E-state index in [-0.39, 0.29) is 34.7 Å². The highest BCUT2D eigenvalue weighted by molar-refractivity contribution is 5.91. The fourth-order valence-electron chi connectivity index (χ4n) is 7.21. The van der Waals surface area contributed by atoms with Crippen molar-refractivity contribution in [1.82, 2.24) is 0 Å². The number of ether oxygens (including phenoxy) is 2. The van der Waals surface area contributed by atoms with E-state index in [9.17, 15) is 14.4 Å². The van der Waals surface area contributed by atoms with Gasteiger partial charge in [-0.1, -0.05) is 12.5 Å². The first-order valence-corrected chi connectivity index (χ1v) is 10.8. The molecule has 0 aromatic heterocycles. The van der Waals surface area contributed by atoms with Crippen LogP contribution in [0.15, 0.2) is 11.6 Å². The van der Waals surface area contributed by atoms with Gasteiger partial charge in [-0.15, -0.1) is 0 Å². The third-order valence-corrected chi connectivity index (χ3v) is 8.44. The molecule has 0 aromatic rings. The van der Waals surface area contributed by atoms with Crippen LogP contribution in [0.5, 0.6) is 0 Å². The maximum atomic E-state index is 12.1. The molecule has 28 heavy (non-hydrogen) atoms. The van der Waals surface area contributed by atoms with E-state index >= 15 is 0 Å². The predicted octanol–water partition coefficient (Wildman–Crippen LogP) is 3.99. The molecular weight excluding hydrogens is 356 g/mol. The van der Waals surface area contributed by atoms with Gasteiger partial charge in [0.15, 0.2) is 5.78 Å². The van der Waals surface area contributed by atoms with Gasteiger partial charge in [-0.3, -0.25) is 14.4 Å². The molecule has 0 aliphatic heterocycles. The van der Waals surface area contributed by atoms with E-state index in [1.54, 1.807) is 0 Å². The van der Waals surface area contributed by atoms with Gasteiger partial charge in [0.2, 0.25) is 0 Å². The fraction of sp³-hybridized carbons (Fsp3) is 0.783. The Morgan fingerprint density at radius 2 is 1.82 bits per heavy atom. The molecule has 6 atom stereocenters. The summed E-state index contributed by atoms with van der Waals surface area (Å²) in [5, 5.41) is 0. The molecule has 5 nitrogen and oxygen atoms in total. The lowest BCUT2D eigenvalue weighted by Crippen LogP contribution is -2.54. The van der Waals surface area contributed by atoms with E-state index in [2.05, 4.69) is 6.92 Å². The number of carbonyl (C=O) groups excluding carboxylic acids is 3. The van der Waals surface area contributed by atoms with Crippen LogP contribution < -0.4 is 0 Å². The Morgan fingerprint density at radius 3 is 2.54 bits per heavy atom. The number of esters is 2. The van der Waals surface area contributed by atoms with E-state index in [0.29, 0.717) is 30.8 Å². The lowest BCUT2D eigenvalue weighted by Gasteiger charge is -2.58. The van der Waals surface area contributed by atoms with E-state index in [0.717, 1.165) is 44.9 Å². The van der Waals surface area contributed by atoms with Crippen LogP contribution in [0.3, 0.4) is 0 Å². The first-order valence-electron chi connectivity index (χ1n) is 10.8. The smallest absolute Gasteiger partial charge is 0.302 e. The Balaban J connectivity index is 1.65. The molecule has 154 valence electrons. The Bertz CT molecular complexity index is 725. The molecule has 0 amide bonds. The van der Waals surface area contributed by atoms with Gasteiger partial charge in [-0.25, -0.2) is 0 Å². The second kappa shape index (κ2) is 7.00. The topological polar surface area (TPSA) is 69.7 Å². The SMILES string of the molecule is CC(=O)OC[C@]12CCC(=O)C=C1CC[C@@H]1[C@@H]2CC[C@]2(C)[C@H](OC(C)=O)CC[C@@H]12. The molecule has 0 aromatic carbocycles. The lowest BCUT2D eigenvalue weighted by atomic mass is 9.47. The van der Waals surface area contributed by atoms with Crippen molar-refractivity contribution in [3.05, 3.63) is 11.6 Å². The number of carbonyl (C=O) groups is 3. The zero-order valence-electron chi connectivity index (χ0n) is 17.3. The third kappa shape index (κ3) is 3.02. The molecule has 0 N–H and O–H groups in total. The highest BCUT2D eigenvalue weighted by atomic mass is 16.5. The Hall–Kier alpha value is -1.65. The second-order valence-corrected chi connectivity index (χ2v) is 9.71. The van der Waals surface area contributed by atoms with Crippen LogP contribution in [-0.2, 0) is 23.9 Å². The minimum Gasteiger partial charge on any atom is -0.465 e. The van der Waals surface area contributed by atoms with Gasteiger partial charge in [0.25, 0.3) is 0 Å². The van der Waals surface area contributed by atoms with Gasteiger partial charge in [-0.2, -0.15) is 0 Å². The van der Waals surface area contributed by atoms with E-state index in [1.807, 2.05) is 6.08 Å². The van der Waals surface area contributed by atoms with Gasteiger partial charge >= 0.3 is 11.9 Å². The minimum absolute atomic E-state index is 0.0187. The number of hydrogen-bond donors (Lipinski definition) is 0. The normalized spacial score (nSPS) is 42.0. The molecule has 3 fully saturated rings. The molecule has 4 rings (SSSR count). The van der Waals surface area contributed by atoms with E-state index in [1.165, 1.54) is 19.4 Å². The summed E-state index contributed by atoms with van der Waals surface area (Å²) in [6, 6.07) is 0. The molecule has 0 unspecified atom stereocenters. The summed E-state index contributed by atoms with van der Waals surface area (Å²) in [5.74, 6) is 1.30. The maximum Gasteiger partial charge on any atom is 0.302 e. The maximum absolute atomic E-state index is 12.1. The summed E-state index contributed by atoms with van der Waals surface area (Å²) >= 11 is 0. The number of hydrogen-bond acceptors (Lipinski definition) is 5. The van der Waals surface area contributed by atoms with Crippen LogP contribution in [0.4, 0.5) is 0 Å². The first-order chi connectivity index (χ1) is 13.3. The zero-order chi connectivity index (χ0) is 20.1. The minimum atomic E-state index is -0.246. The summed E-state index contributed by atoms with van der Waals surface area (Å²) in [6.07, 6.45) is 9.33. The molecule has 5 heteroatoms. The van der Waals surface area contributed by atoms with Crippen LogP contribution in [0, 0.1) is 28.6 Å². The van der Waals surface area contributed by atoms with Crippen LogP contribution in [-0.4, -0.2) is 30.4 Å². The van der Waals surface area contributed by atoms with Crippen molar-refractivity contribution in [2.75, 3.05) is 6.61 Å². The van der Waals surface area contributed by atoms with Gasteiger partial charge in [0, 0.05) is 31.1 Å². The predicted molar refractivity (Wildman–Crippen MR) is 103 cm³/mol. The van der Waals surface area contributed by atoms with Crippen molar-refractivity contribution in [2.45, 2.75) is 78.2 Å². The molecule has 0 spiro atoms. The zero-order valence-corrected chi connectivity index (χ0v) is 17.3. The summed E-state index contributed by atoms with van der Waals surface area (Å²) in [7, 11) is 0. The quantitative estimate of drug-likeness (QED) is 0.684. The van der Waals surface area contributed by atoms with Crippen molar-refractivity contribution < 1.29 is 23.9 Å². The standard InChI is InChI=1S/C23H32O5/c1-14(24)27-13-23-11-8-17(26)12-16(23)4-5-18-19-6-7-21(28-15(2)25)22(19,3)10-9-20(18)23/h12,18-21H,4-11,13H2,1-3H3/t18-,19-,20-,21+,22-,23+/m0/s1. The third-order valence-electron chi connectivity index (χ3n) is 8.44. The van der Waals surface area contributed by atoms with Gasteiger partial charge in [-0.05, 0) is 68.8 Å². The van der Waals surface area contributed by atoms with Gasteiger partial charge < -0.3 is 9.47 Å². The van der Waals surface area contributed by atoms with E-state index < -0.39 is 0 Å². The van der Waals surface area contributed by atoms with Crippen LogP contribution >= 0.6 is 0 Å². The molecule has 3 saturated carbocycles. The molecule has 0 radical (unpaired) electrons. The highest BCUT2D eigenvalue weighted by Crippen LogP contribution is 2.65. The number of ketones is 1. The summed E-state index contributed by atoms with van der Waals surface area (Å²) < 4.78 is 11.3. The summed E-state index contributed by atoms with van der Waals surface area (Å²) in [4.78, 5) is 35.3. The fourth-order valence-corrected chi connectivity index (χ4v) is 7.21. The largest absolute Gasteiger partial charge is 0.465 e. The van der Waals surface area contributed by atoms with Gasteiger partial charge in [0.1, 0.15) is 12.7 Å².